The molecule has 0 bridgehead atoms. The summed E-state index contributed by atoms with van der Waals surface area (Å²) in [6.07, 6.45) is 0. The van der Waals surface area contributed by atoms with E-state index in [0.717, 1.165) is 12.1 Å². The number of aryl methyl sites for hydroxylation is 1. The molecule has 0 fully saturated rings. The molecule has 1 aromatic carbocycles. The van der Waals surface area contributed by atoms with Gasteiger partial charge in [0, 0.05) is 0 Å². The van der Waals surface area contributed by atoms with E-state index in [1.165, 1.54) is 4.90 Å². The monoisotopic (exact) mass is 250 g/mol. The van der Waals surface area contributed by atoms with Crippen molar-refractivity contribution in [2.24, 2.45) is 0 Å². The lowest BCUT2D eigenvalue weighted by Crippen LogP contribution is -3.16. The van der Waals surface area contributed by atoms with Gasteiger partial charge in [-0.25, -0.2) is 4.79 Å². The molecule has 3 nitrogen and oxygen atoms in total. The van der Waals surface area contributed by atoms with E-state index in [0.29, 0.717) is 12.2 Å². The Morgan fingerprint density at radius 3 is 2.56 bits per heavy atom. The third-order valence-electron chi connectivity index (χ3n) is 3.24. The van der Waals surface area contributed by atoms with Gasteiger partial charge in [0.1, 0.15) is 13.2 Å². The molecule has 1 atom stereocenters. The standard InChI is InChI=1S/C15H23NO2/c1-12-7-6-8-13(11-12)14(17)18-10-9-16(5)15(2,3)4/h6-8,11H,9-10H2,1-5H3/p+1. The molecule has 1 aromatic rings. The largest absolute Gasteiger partial charge is 0.456 e. The summed E-state index contributed by atoms with van der Waals surface area (Å²) in [5.41, 5.74) is 1.88. The number of rotatable bonds is 4. The number of nitrogens with one attached hydrogen (secondary N) is 1. The summed E-state index contributed by atoms with van der Waals surface area (Å²) in [6, 6.07) is 7.48. The van der Waals surface area contributed by atoms with Crippen molar-refractivity contribution in [1.82, 2.24) is 0 Å². The van der Waals surface area contributed by atoms with Crippen LogP contribution in [0, 0.1) is 6.92 Å². The minimum atomic E-state index is -0.236. The van der Waals surface area contributed by atoms with Crippen molar-refractivity contribution in [3.8, 4) is 0 Å². The van der Waals surface area contributed by atoms with Crippen LogP contribution in [0.1, 0.15) is 36.7 Å². The fraction of sp³-hybridized carbons (Fsp3) is 0.533. The third-order valence-corrected chi connectivity index (χ3v) is 3.24. The van der Waals surface area contributed by atoms with Crippen LogP contribution in [0.5, 0.6) is 0 Å². The Kier molecular flexibility index (Phi) is 4.91. The van der Waals surface area contributed by atoms with Gasteiger partial charge in [0.05, 0.1) is 18.2 Å². The molecular formula is C15H24NO2+. The Morgan fingerprint density at radius 2 is 2.00 bits per heavy atom. The fourth-order valence-corrected chi connectivity index (χ4v) is 1.53. The van der Waals surface area contributed by atoms with Crippen LogP contribution in [-0.4, -0.2) is 31.7 Å². The van der Waals surface area contributed by atoms with Gasteiger partial charge in [-0.05, 0) is 39.8 Å². The zero-order chi connectivity index (χ0) is 13.8. The quantitative estimate of drug-likeness (QED) is 0.820. The van der Waals surface area contributed by atoms with E-state index in [2.05, 4.69) is 27.8 Å². The van der Waals surface area contributed by atoms with Gasteiger partial charge in [0.15, 0.2) is 0 Å². The number of carbonyl (C=O) groups is 1. The van der Waals surface area contributed by atoms with Gasteiger partial charge in [-0.1, -0.05) is 17.7 Å². The maximum absolute atomic E-state index is 11.8. The lowest BCUT2D eigenvalue weighted by atomic mass is 10.1. The van der Waals surface area contributed by atoms with Crippen LogP contribution in [-0.2, 0) is 4.74 Å². The molecule has 0 radical (unpaired) electrons. The summed E-state index contributed by atoms with van der Waals surface area (Å²) in [6.45, 7) is 9.76. The molecule has 0 saturated heterocycles. The first-order valence-corrected chi connectivity index (χ1v) is 6.37. The Bertz CT molecular complexity index is 407. The lowest BCUT2D eigenvalue weighted by molar-refractivity contribution is -0.927. The number of hydrogen-bond acceptors (Lipinski definition) is 2. The average Bonchev–Trinajstić information content (AvgIpc) is 2.27. The number of esters is 1. The Hall–Kier alpha value is -1.35. The molecular weight excluding hydrogens is 226 g/mol. The summed E-state index contributed by atoms with van der Waals surface area (Å²) in [5.74, 6) is -0.236. The van der Waals surface area contributed by atoms with E-state index in [-0.39, 0.29) is 11.5 Å². The molecule has 1 unspecified atom stereocenters. The molecule has 0 aromatic heterocycles. The molecule has 0 aliphatic rings. The molecule has 0 spiro atoms. The Morgan fingerprint density at radius 1 is 1.33 bits per heavy atom. The summed E-state index contributed by atoms with van der Waals surface area (Å²) in [5, 5.41) is 0. The predicted octanol–water partition coefficient (Wildman–Crippen LogP) is 1.47. The molecule has 18 heavy (non-hydrogen) atoms. The van der Waals surface area contributed by atoms with Crippen molar-refractivity contribution < 1.29 is 14.4 Å². The van der Waals surface area contributed by atoms with E-state index in [9.17, 15) is 4.79 Å². The minimum Gasteiger partial charge on any atom is -0.456 e. The second-order valence-electron chi connectivity index (χ2n) is 5.79. The highest BCUT2D eigenvalue weighted by Crippen LogP contribution is 2.05. The number of hydrogen-bond donors (Lipinski definition) is 1. The van der Waals surface area contributed by atoms with Crippen LogP contribution in [0.4, 0.5) is 0 Å². The predicted molar refractivity (Wildman–Crippen MR) is 73.0 cm³/mol. The zero-order valence-corrected chi connectivity index (χ0v) is 12.0. The Balaban J connectivity index is 2.43. The van der Waals surface area contributed by atoms with Crippen LogP contribution in [0.25, 0.3) is 0 Å². The van der Waals surface area contributed by atoms with Crippen LogP contribution in [0.3, 0.4) is 0 Å². The smallest absolute Gasteiger partial charge is 0.338 e. The molecule has 3 heteroatoms. The van der Waals surface area contributed by atoms with Gasteiger partial charge in [0.25, 0.3) is 0 Å². The Labute approximate surface area is 110 Å². The third kappa shape index (κ3) is 4.49. The number of ether oxygens (including phenoxy) is 1. The molecule has 0 saturated carbocycles. The van der Waals surface area contributed by atoms with Gasteiger partial charge in [-0.3, -0.25) is 0 Å². The normalized spacial score (nSPS) is 13.2. The van der Waals surface area contributed by atoms with E-state index in [4.69, 9.17) is 4.74 Å². The zero-order valence-electron chi connectivity index (χ0n) is 12.0. The molecule has 1 N–H and O–H groups in total. The van der Waals surface area contributed by atoms with Gasteiger partial charge in [0.2, 0.25) is 0 Å². The maximum Gasteiger partial charge on any atom is 0.338 e. The van der Waals surface area contributed by atoms with Crippen LogP contribution in [0.2, 0.25) is 0 Å². The van der Waals surface area contributed by atoms with Gasteiger partial charge >= 0.3 is 5.97 Å². The fourth-order valence-electron chi connectivity index (χ4n) is 1.53. The van der Waals surface area contributed by atoms with E-state index in [1.54, 1.807) is 6.07 Å². The molecule has 100 valence electrons. The van der Waals surface area contributed by atoms with Crippen molar-refractivity contribution in [2.45, 2.75) is 33.2 Å². The van der Waals surface area contributed by atoms with E-state index in [1.807, 2.05) is 25.1 Å². The van der Waals surface area contributed by atoms with Gasteiger partial charge < -0.3 is 9.64 Å². The van der Waals surface area contributed by atoms with Crippen LogP contribution < -0.4 is 4.90 Å². The SMILES string of the molecule is Cc1cccc(C(=O)OCC[NH+](C)C(C)(C)C)c1. The summed E-state index contributed by atoms with van der Waals surface area (Å²) in [7, 11) is 2.11. The average molecular weight is 250 g/mol. The van der Waals surface area contributed by atoms with Crippen molar-refractivity contribution in [2.75, 3.05) is 20.2 Å². The second kappa shape index (κ2) is 6.01. The highest BCUT2D eigenvalue weighted by molar-refractivity contribution is 5.89. The molecule has 0 aliphatic carbocycles. The van der Waals surface area contributed by atoms with Crippen LogP contribution in [0.15, 0.2) is 24.3 Å². The van der Waals surface area contributed by atoms with Crippen molar-refractivity contribution >= 4 is 5.97 Å². The minimum absolute atomic E-state index is 0.176. The molecule has 0 amide bonds. The summed E-state index contributed by atoms with van der Waals surface area (Å²) >= 11 is 0. The van der Waals surface area contributed by atoms with Crippen molar-refractivity contribution in [1.29, 1.82) is 0 Å². The number of quaternary nitrogens is 1. The maximum atomic E-state index is 11.8. The summed E-state index contributed by atoms with van der Waals surface area (Å²) in [4.78, 5) is 13.1. The van der Waals surface area contributed by atoms with Gasteiger partial charge in [-0.2, -0.15) is 0 Å². The van der Waals surface area contributed by atoms with Crippen molar-refractivity contribution in [3.05, 3.63) is 35.4 Å². The summed E-state index contributed by atoms with van der Waals surface area (Å²) < 4.78 is 5.29. The first-order valence-electron chi connectivity index (χ1n) is 6.37. The second-order valence-corrected chi connectivity index (χ2v) is 5.79. The van der Waals surface area contributed by atoms with E-state index < -0.39 is 0 Å². The molecule has 0 aliphatic heterocycles. The highest BCUT2D eigenvalue weighted by Gasteiger charge is 2.20. The first kappa shape index (κ1) is 14.7. The van der Waals surface area contributed by atoms with Crippen LogP contribution >= 0.6 is 0 Å². The van der Waals surface area contributed by atoms with E-state index >= 15 is 0 Å². The van der Waals surface area contributed by atoms with Crippen molar-refractivity contribution in [3.63, 3.8) is 0 Å². The number of benzene rings is 1. The first-order chi connectivity index (χ1) is 8.30. The number of carbonyl (C=O) groups excluding carboxylic acids is 1. The van der Waals surface area contributed by atoms with Gasteiger partial charge in [-0.15, -0.1) is 0 Å². The highest BCUT2D eigenvalue weighted by atomic mass is 16.5. The molecule has 0 heterocycles. The lowest BCUT2D eigenvalue weighted by Gasteiger charge is -2.28. The number of likely N-dealkylation sites (N-methyl/N-ethyl adjacent to an activating group) is 1. The molecule has 1 rings (SSSR count). The topological polar surface area (TPSA) is 30.7 Å².